The maximum absolute atomic E-state index is 13.0. The largest absolute Gasteiger partial charge is 0.337 e. The van der Waals surface area contributed by atoms with Gasteiger partial charge in [0.1, 0.15) is 5.69 Å². The van der Waals surface area contributed by atoms with Gasteiger partial charge in [0.25, 0.3) is 5.91 Å². The number of rotatable bonds is 1. The molecule has 0 spiro atoms. The summed E-state index contributed by atoms with van der Waals surface area (Å²) in [6.45, 7) is 5.74. The van der Waals surface area contributed by atoms with E-state index in [9.17, 15) is 9.18 Å². The maximum Gasteiger partial charge on any atom is 0.272 e. The normalized spacial score (nSPS) is 19.1. The highest BCUT2D eigenvalue weighted by atomic mass is 19.1. The summed E-state index contributed by atoms with van der Waals surface area (Å²) in [5.41, 5.74) is 0.337. The topological polar surface area (TPSA) is 33.2 Å². The molecule has 1 aromatic heterocycles. The Morgan fingerprint density at radius 3 is 2.88 bits per heavy atom. The third kappa shape index (κ3) is 2.81. The number of hydrogen-bond acceptors (Lipinski definition) is 2. The fourth-order valence-corrected chi connectivity index (χ4v) is 2.29. The van der Waals surface area contributed by atoms with Crippen LogP contribution in [0.1, 0.15) is 37.2 Å². The number of halogens is 1. The fourth-order valence-electron chi connectivity index (χ4n) is 2.29. The average Bonchev–Trinajstić information content (AvgIpc) is 2.26. The molecule has 1 fully saturated rings. The second-order valence-electron chi connectivity index (χ2n) is 5.34. The van der Waals surface area contributed by atoms with Crippen molar-refractivity contribution in [3.63, 3.8) is 0 Å². The van der Waals surface area contributed by atoms with Gasteiger partial charge in [0, 0.05) is 13.1 Å². The molecule has 17 heavy (non-hydrogen) atoms. The first-order valence-electron chi connectivity index (χ1n) is 5.90. The molecule has 0 atom stereocenters. The highest BCUT2D eigenvalue weighted by Gasteiger charge is 2.30. The van der Waals surface area contributed by atoms with Gasteiger partial charge in [-0.2, -0.15) is 4.39 Å². The van der Waals surface area contributed by atoms with E-state index in [1.54, 1.807) is 11.0 Å². The molecular weight excluding hydrogens is 219 g/mol. The summed E-state index contributed by atoms with van der Waals surface area (Å²) in [4.78, 5) is 17.5. The average molecular weight is 236 g/mol. The van der Waals surface area contributed by atoms with E-state index in [0.29, 0.717) is 6.54 Å². The molecule has 0 aromatic carbocycles. The number of hydrogen-bond donors (Lipinski definition) is 0. The predicted molar refractivity (Wildman–Crippen MR) is 63.1 cm³/mol. The van der Waals surface area contributed by atoms with Crippen LogP contribution in [0.5, 0.6) is 0 Å². The van der Waals surface area contributed by atoms with Gasteiger partial charge >= 0.3 is 0 Å². The predicted octanol–water partition coefficient (Wildman–Crippen LogP) is 2.48. The molecule has 0 saturated carbocycles. The molecule has 0 N–H and O–H groups in total. The number of carbonyl (C=O) groups excluding carboxylic acids is 1. The third-order valence-corrected chi connectivity index (χ3v) is 3.12. The summed E-state index contributed by atoms with van der Waals surface area (Å²) >= 11 is 0. The first kappa shape index (κ1) is 12.0. The molecule has 1 aromatic rings. The minimum absolute atomic E-state index is 0.140. The molecule has 1 aliphatic heterocycles. The van der Waals surface area contributed by atoms with Crippen molar-refractivity contribution >= 4 is 5.91 Å². The molecule has 1 saturated heterocycles. The lowest BCUT2D eigenvalue weighted by Crippen LogP contribution is -2.43. The van der Waals surface area contributed by atoms with Crippen LogP contribution in [0.4, 0.5) is 4.39 Å². The van der Waals surface area contributed by atoms with Crippen LogP contribution in [0.2, 0.25) is 0 Å². The van der Waals surface area contributed by atoms with Crippen molar-refractivity contribution in [1.29, 1.82) is 0 Å². The van der Waals surface area contributed by atoms with E-state index in [1.807, 2.05) is 0 Å². The Morgan fingerprint density at radius 2 is 2.24 bits per heavy atom. The Kier molecular flexibility index (Phi) is 3.13. The van der Waals surface area contributed by atoms with Crippen LogP contribution in [-0.4, -0.2) is 28.9 Å². The molecule has 1 amide bonds. The smallest absolute Gasteiger partial charge is 0.272 e. The van der Waals surface area contributed by atoms with Crippen molar-refractivity contribution in [2.45, 2.75) is 26.7 Å². The maximum atomic E-state index is 13.0. The van der Waals surface area contributed by atoms with Crippen molar-refractivity contribution in [3.8, 4) is 0 Å². The second kappa shape index (κ2) is 4.43. The summed E-state index contributed by atoms with van der Waals surface area (Å²) in [6, 6.07) is 4.33. The third-order valence-electron chi connectivity index (χ3n) is 3.12. The molecule has 0 radical (unpaired) electrons. The van der Waals surface area contributed by atoms with E-state index in [-0.39, 0.29) is 17.0 Å². The van der Waals surface area contributed by atoms with E-state index in [1.165, 1.54) is 12.1 Å². The number of piperidine rings is 1. The zero-order valence-electron chi connectivity index (χ0n) is 10.2. The van der Waals surface area contributed by atoms with Gasteiger partial charge in [-0.3, -0.25) is 4.79 Å². The lowest BCUT2D eigenvalue weighted by atomic mass is 9.84. The van der Waals surface area contributed by atoms with E-state index < -0.39 is 5.95 Å². The highest BCUT2D eigenvalue weighted by molar-refractivity contribution is 5.92. The number of likely N-dealkylation sites (tertiary alicyclic amines) is 1. The number of aromatic nitrogens is 1. The summed E-state index contributed by atoms with van der Waals surface area (Å²) in [5.74, 6) is -0.774. The van der Waals surface area contributed by atoms with Gasteiger partial charge in [-0.05, 0) is 30.4 Å². The van der Waals surface area contributed by atoms with Crippen molar-refractivity contribution in [2.24, 2.45) is 5.41 Å². The zero-order chi connectivity index (χ0) is 12.5. The van der Waals surface area contributed by atoms with E-state index in [4.69, 9.17) is 0 Å². The van der Waals surface area contributed by atoms with Crippen molar-refractivity contribution in [3.05, 3.63) is 29.8 Å². The standard InChI is InChI=1S/C13H17FN2O/c1-13(2)7-4-8-16(9-13)12(17)10-5-3-6-11(14)15-10/h3,5-6H,4,7-9H2,1-2H3. The van der Waals surface area contributed by atoms with E-state index in [0.717, 1.165) is 19.4 Å². The number of nitrogens with zero attached hydrogens (tertiary/aromatic N) is 2. The van der Waals surface area contributed by atoms with Crippen LogP contribution in [0.15, 0.2) is 18.2 Å². The van der Waals surface area contributed by atoms with Gasteiger partial charge < -0.3 is 4.90 Å². The van der Waals surface area contributed by atoms with Crippen LogP contribution in [-0.2, 0) is 0 Å². The number of carbonyl (C=O) groups is 1. The van der Waals surface area contributed by atoms with E-state index >= 15 is 0 Å². The zero-order valence-corrected chi connectivity index (χ0v) is 10.2. The first-order valence-corrected chi connectivity index (χ1v) is 5.90. The Morgan fingerprint density at radius 1 is 1.47 bits per heavy atom. The molecule has 4 heteroatoms. The SMILES string of the molecule is CC1(C)CCCN(C(=O)c2cccc(F)n2)C1. The molecule has 0 bridgehead atoms. The fraction of sp³-hybridized carbons (Fsp3) is 0.538. The second-order valence-corrected chi connectivity index (χ2v) is 5.34. The molecule has 2 rings (SSSR count). The quantitative estimate of drug-likeness (QED) is 0.702. The van der Waals surface area contributed by atoms with Crippen molar-refractivity contribution < 1.29 is 9.18 Å². The lowest BCUT2D eigenvalue weighted by molar-refractivity contribution is 0.0576. The first-order chi connectivity index (χ1) is 7.98. The number of pyridine rings is 1. The summed E-state index contributed by atoms with van der Waals surface area (Å²) in [7, 11) is 0. The molecule has 2 heterocycles. The number of amides is 1. The van der Waals surface area contributed by atoms with Crippen LogP contribution in [0.25, 0.3) is 0 Å². The van der Waals surface area contributed by atoms with Crippen LogP contribution < -0.4 is 0 Å². The molecular formula is C13H17FN2O. The van der Waals surface area contributed by atoms with Gasteiger partial charge in [-0.15, -0.1) is 0 Å². The molecule has 92 valence electrons. The van der Waals surface area contributed by atoms with Gasteiger partial charge in [0.15, 0.2) is 0 Å². The molecule has 3 nitrogen and oxygen atoms in total. The van der Waals surface area contributed by atoms with Gasteiger partial charge in [0.2, 0.25) is 5.95 Å². The monoisotopic (exact) mass is 236 g/mol. The van der Waals surface area contributed by atoms with Crippen molar-refractivity contribution in [2.75, 3.05) is 13.1 Å². The lowest BCUT2D eigenvalue weighted by Gasteiger charge is -2.37. The summed E-state index contributed by atoms with van der Waals surface area (Å²) < 4.78 is 13.0. The van der Waals surface area contributed by atoms with Gasteiger partial charge in [0.05, 0.1) is 0 Å². The summed E-state index contributed by atoms with van der Waals surface area (Å²) in [5, 5.41) is 0. The van der Waals surface area contributed by atoms with E-state index in [2.05, 4.69) is 18.8 Å². The minimum atomic E-state index is -0.605. The molecule has 1 aliphatic rings. The Hall–Kier alpha value is -1.45. The Balaban J connectivity index is 2.15. The van der Waals surface area contributed by atoms with Crippen LogP contribution in [0, 0.1) is 11.4 Å². The minimum Gasteiger partial charge on any atom is -0.337 e. The highest BCUT2D eigenvalue weighted by Crippen LogP contribution is 2.28. The molecule has 0 unspecified atom stereocenters. The van der Waals surface area contributed by atoms with Crippen molar-refractivity contribution in [1.82, 2.24) is 9.88 Å². The Labute approximate surface area is 101 Å². The molecule has 0 aliphatic carbocycles. The van der Waals surface area contributed by atoms with Crippen LogP contribution >= 0.6 is 0 Å². The van der Waals surface area contributed by atoms with Gasteiger partial charge in [-0.1, -0.05) is 19.9 Å². The summed E-state index contributed by atoms with van der Waals surface area (Å²) in [6.07, 6.45) is 2.11. The van der Waals surface area contributed by atoms with Gasteiger partial charge in [-0.25, -0.2) is 4.98 Å². The van der Waals surface area contributed by atoms with Crippen LogP contribution in [0.3, 0.4) is 0 Å². The Bertz CT molecular complexity index is 431.